The quantitative estimate of drug-likeness (QED) is 0.286. The monoisotopic (exact) mass is 221 g/mol. The van der Waals surface area contributed by atoms with E-state index in [1.807, 2.05) is 6.08 Å². The van der Waals surface area contributed by atoms with E-state index in [-0.39, 0.29) is 0 Å². The molecule has 16 heavy (non-hydrogen) atoms. The lowest BCUT2D eigenvalue weighted by molar-refractivity contribution is 0.599. The number of rotatable bonds is 12. The molecule has 0 heterocycles. The molecule has 0 aromatic carbocycles. The minimum Gasteiger partial charge on any atom is -0.103 e. The highest BCUT2D eigenvalue weighted by molar-refractivity contribution is 4.82. The molecule has 0 aliphatic rings. The first-order valence-electron chi connectivity index (χ1n) is 6.97. The minimum atomic E-state index is 1.10. The summed E-state index contributed by atoms with van der Waals surface area (Å²) in [6, 6.07) is 0. The fourth-order valence-corrected chi connectivity index (χ4v) is 1.76. The van der Waals surface area contributed by atoms with Crippen molar-refractivity contribution in [2.75, 3.05) is 0 Å². The van der Waals surface area contributed by atoms with Crippen LogP contribution in [0.15, 0.2) is 24.8 Å². The van der Waals surface area contributed by atoms with Crippen molar-refractivity contribution in [2.45, 2.75) is 70.6 Å². The molecule has 0 amide bonds. The fraction of sp³-hybridized carbons (Fsp3) is 0.688. The van der Waals surface area contributed by atoms with Crippen molar-refractivity contribution in [3.63, 3.8) is 0 Å². The smallest absolute Gasteiger partial charge is 0.0348 e. The zero-order valence-corrected chi connectivity index (χ0v) is 10.9. The second kappa shape index (κ2) is 14.5. The predicted octanol–water partition coefficient (Wildman–Crippen LogP) is 5.85. The van der Waals surface area contributed by atoms with Gasteiger partial charge in [-0.25, -0.2) is 0 Å². The molecule has 0 rings (SSSR count). The zero-order chi connectivity index (χ0) is 11.9. The van der Waals surface area contributed by atoms with Crippen molar-refractivity contribution < 1.29 is 0 Å². The van der Waals surface area contributed by atoms with Gasteiger partial charge in [0, 0.05) is 0 Å². The van der Waals surface area contributed by atoms with Gasteiger partial charge in [-0.3, -0.25) is 0 Å². The highest BCUT2D eigenvalue weighted by Crippen LogP contribution is 2.08. The van der Waals surface area contributed by atoms with Gasteiger partial charge in [0.05, 0.1) is 0 Å². The first-order valence-corrected chi connectivity index (χ1v) is 6.97. The molecular formula is C16H29. The van der Waals surface area contributed by atoms with Gasteiger partial charge in [0.25, 0.3) is 0 Å². The van der Waals surface area contributed by atoms with Crippen LogP contribution in [0.5, 0.6) is 0 Å². The van der Waals surface area contributed by atoms with E-state index in [0.29, 0.717) is 0 Å². The van der Waals surface area contributed by atoms with Gasteiger partial charge in [-0.2, -0.15) is 0 Å². The van der Waals surface area contributed by atoms with Gasteiger partial charge < -0.3 is 0 Å². The van der Waals surface area contributed by atoms with Crippen LogP contribution < -0.4 is 0 Å². The van der Waals surface area contributed by atoms with E-state index in [1.165, 1.54) is 57.8 Å². The summed E-state index contributed by atoms with van der Waals surface area (Å²) >= 11 is 0. The molecule has 0 unspecified atom stereocenters. The van der Waals surface area contributed by atoms with E-state index in [2.05, 4.69) is 25.7 Å². The molecule has 0 aromatic rings. The van der Waals surface area contributed by atoms with E-state index < -0.39 is 0 Å². The highest BCUT2D eigenvalue weighted by atomic mass is 14.0. The third kappa shape index (κ3) is 13.5. The summed E-state index contributed by atoms with van der Waals surface area (Å²) in [6.45, 7) is 7.58. The fourth-order valence-electron chi connectivity index (χ4n) is 1.76. The summed E-state index contributed by atoms with van der Waals surface area (Å²) in [7, 11) is 0. The lowest BCUT2D eigenvalue weighted by Crippen LogP contribution is -1.79. The average Bonchev–Trinajstić information content (AvgIpc) is 2.31. The topological polar surface area (TPSA) is 0 Å². The summed E-state index contributed by atoms with van der Waals surface area (Å²) in [5.74, 6) is 0. The summed E-state index contributed by atoms with van der Waals surface area (Å²) in [5.41, 5.74) is 0. The SMILES string of the molecule is [CH2]CCCCCCCCC=CCCCC=C. The van der Waals surface area contributed by atoms with Gasteiger partial charge in [-0.05, 0) is 32.1 Å². The molecule has 0 aliphatic carbocycles. The Kier molecular flexibility index (Phi) is 14.0. The molecule has 0 nitrogen and oxygen atoms in total. The average molecular weight is 221 g/mol. The van der Waals surface area contributed by atoms with E-state index in [4.69, 9.17) is 0 Å². The third-order valence-corrected chi connectivity index (χ3v) is 2.82. The van der Waals surface area contributed by atoms with Crippen LogP contribution in [0.4, 0.5) is 0 Å². The van der Waals surface area contributed by atoms with Crippen LogP contribution in [0.3, 0.4) is 0 Å². The zero-order valence-electron chi connectivity index (χ0n) is 10.9. The number of allylic oxidation sites excluding steroid dienone is 3. The Balaban J connectivity index is 2.99. The minimum absolute atomic E-state index is 1.10. The second-order valence-corrected chi connectivity index (χ2v) is 4.45. The molecule has 0 heteroatoms. The summed E-state index contributed by atoms with van der Waals surface area (Å²) in [6.07, 6.45) is 20.9. The molecule has 0 spiro atoms. The van der Waals surface area contributed by atoms with Gasteiger partial charge >= 0.3 is 0 Å². The third-order valence-electron chi connectivity index (χ3n) is 2.82. The Morgan fingerprint density at radius 2 is 1.19 bits per heavy atom. The van der Waals surface area contributed by atoms with Crippen LogP contribution in [0.25, 0.3) is 0 Å². The van der Waals surface area contributed by atoms with Crippen molar-refractivity contribution in [2.24, 2.45) is 0 Å². The van der Waals surface area contributed by atoms with Crippen molar-refractivity contribution in [3.05, 3.63) is 31.7 Å². The molecule has 0 saturated carbocycles. The Morgan fingerprint density at radius 1 is 0.625 bits per heavy atom. The number of unbranched alkanes of at least 4 members (excludes halogenated alkanes) is 9. The van der Waals surface area contributed by atoms with Crippen LogP contribution in [-0.2, 0) is 0 Å². The van der Waals surface area contributed by atoms with E-state index in [9.17, 15) is 0 Å². The molecule has 0 N–H and O–H groups in total. The Labute approximate surface area is 103 Å². The molecule has 0 bridgehead atoms. The molecular weight excluding hydrogens is 192 g/mol. The maximum Gasteiger partial charge on any atom is -0.0348 e. The molecule has 0 saturated heterocycles. The van der Waals surface area contributed by atoms with Gasteiger partial charge in [0.1, 0.15) is 0 Å². The lowest BCUT2D eigenvalue weighted by Gasteiger charge is -1.98. The Morgan fingerprint density at radius 3 is 1.81 bits per heavy atom. The highest BCUT2D eigenvalue weighted by Gasteiger charge is 1.89. The van der Waals surface area contributed by atoms with Crippen LogP contribution in [0.2, 0.25) is 0 Å². The molecule has 93 valence electrons. The van der Waals surface area contributed by atoms with E-state index in [0.717, 1.165) is 12.8 Å². The number of hydrogen-bond donors (Lipinski definition) is 0. The molecule has 0 atom stereocenters. The Bertz CT molecular complexity index is 155. The van der Waals surface area contributed by atoms with E-state index in [1.54, 1.807) is 0 Å². The number of hydrogen-bond acceptors (Lipinski definition) is 0. The van der Waals surface area contributed by atoms with Gasteiger partial charge in [0.15, 0.2) is 0 Å². The standard InChI is InChI=1S/C16H29/c1-3-5-7-9-11-13-15-16-14-12-10-8-6-4-2/h3,11,13H,1-2,4-10,12,14-16H2. The van der Waals surface area contributed by atoms with Crippen LogP contribution in [-0.4, -0.2) is 0 Å². The van der Waals surface area contributed by atoms with Crippen LogP contribution >= 0.6 is 0 Å². The first-order chi connectivity index (χ1) is 7.91. The first kappa shape index (κ1) is 15.5. The molecule has 0 aliphatic heterocycles. The second-order valence-electron chi connectivity index (χ2n) is 4.45. The van der Waals surface area contributed by atoms with Crippen LogP contribution in [0, 0.1) is 6.92 Å². The summed E-state index contributed by atoms with van der Waals surface area (Å²) in [5, 5.41) is 0. The van der Waals surface area contributed by atoms with E-state index >= 15 is 0 Å². The van der Waals surface area contributed by atoms with Crippen LogP contribution in [0.1, 0.15) is 70.6 Å². The van der Waals surface area contributed by atoms with Gasteiger partial charge in [-0.15, -0.1) is 6.58 Å². The van der Waals surface area contributed by atoms with Gasteiger partial charge in [0.2, 0.25) is 0 Å². The summed E-state index contributed by atoms with van der Waals surface area (Å²) < 4.78 is 0. The Hall–Kier alpha value is -0.520. The predicted molar refractivity (Wildman–Crippen MR) is 75.5 cm³/mol. The molecule has 0 aromatic heterocycles. The summed E-state index contributed by atoms with van der Waals surface area (Å²) in [4.78, 5) is 0. The molecule has 0 fully saturated rings. The molecule has 1 radical (unpaired) electrons. The lowest BCUT2D eigenvalue weighted by atomic mass is 10.1. The van der Waals surface area contributed by atoms with Crippen molar-refractivity contribution in [1.82, 2.24) is 0 Å². The van der Waals surface area contributed by atoms with Crippen molar-refractivity contribution >= 4 is 0 Å². The van der Waals surface area contributed by atoms with Crippen molar-refractivity contribution in [3.8, 4) is 0 Å². The normalized spacial score (nSPS) is 11.1. The maximum atomic E-state index is 3.86. The van der Waals surface area contributed by atoms with Gasteiger partial charge in [-0.1, -0.05) is 63.7 Å². The largest absolute Gasteiger partial charge is 0.103 e. The van der Waals surface area contributed by atoms with Crippen molar-refractivity contribution in [1.29, 1.82) is 0 Å². The maximum absolute atomic E-state index is 3.86.